The van der Waals surface area contributed by atoms with Crippen LogP contribution in [0.4, 0.5) is 4.39 Å². The maximum atomic E-state index is 13.6. The van der Waals surface area contributed by atoms with Crippen LogP contribution in [-0.2, 0) is 10.2 Å². The maximum absolute atomic E-state index is 13.6. The van der Waals surface area contributed by atoms with Gasteiger partial charge in [-0.1, -0.05) is 12.8 Å². The van der Waals surface area contributed by atoms with E-state index in [-0.39, 0.29) is 0 Å². The summed E-state index contributed by atoms with van der Waals surface area (Å²) in [6.45, 7) is 0. The predicted molar refractivity (Wildman–Crippen MR) is 68.4 cm³/mol. The molecule has 0 saturated heterocycles. The third-order valence-electron chi connectivity index (χ3n) is 3.61. The standard InChI is InChI=1S/C13H14BrFO3/c1-18-10-7-8(15)6-9(11(10)14)13(12(16)17)4-2-3-5-13/h6-7H,2-5H2,1H3,(H,16,17). The van der Waals surface area contributed by atoms with Gasteiger partial charge in [0.25, 0.3) is 0 Å². The minimum absolute atomic E-state index is 0.331. The van der Waals surface area contributed by atoms with E-state index in [2.05, 4.69) is 15.9 Å². The van der Waals surface area contributed by atoms with Crippen LogP contribution in [0.5, 0.6) is 5.75 Å². The highest BCUT2D eigenvalue weighted by atomic mass is 79.9. The van der Waals surface area contributed by atoms with Gasteiger partial charge in [-0.15, -0.1) is 0 Å². The number of hydrogen-bond donors (Lipinski definition) is 1. The Morgan fingerprint density at radius 1 is 1.44 bits per heavy atom. The molecule has 1 saturated carbocycles. The van der Waals surface area contributed by atoms with Crippen LogP contribution in [0.15, 0.2) is 16.6 Å². The lowest BCUT2D eigenvalue weighted by Gasteiger charge is -2.26. The molecule has 0 aromatic heterocycles. The van der Waals surface area contributed by atoms with Crippen LogP contribution in [-0.4, -0.2) is 18.2 Å². The zero-order valence-electron chi connectivity index (χ0n) is 10.0. The number of aliphatic carboxylic acids is 1. The van der Waals surface area contributed by atoms with Gasteiger partial charge in [0.05, 0.1) is 17.0 Å². The summed E-state index contributed by atoms with van der Waals surface area (Å²) in [6, 6.07) is 2.55. The highest BCUT2D eigenvalue weighted by molar-refractivity contribution is 9.10. The van der Waals surface area contributed by atoms with Crippen molar-refractivity contribution in [1.29, 1.82) is 0 Å². The highest BCUT2D eigenvalue weighted by Crippen LogP contribution is 2.46. The third kappa shape index (κ3) is 2.00. The summed E-state index contributed by atoms with van der Waals surface area (Å²) in [4.78, 5) is 11.6. The SMILES string of the molecule is COc1cc(F)cc(C2(C(=O)O)CCCC2)c1Br. The topological polar surface area (TPSA) is 46.5 Å². The number of benzene rings is 1. The molecule has 0 atom stereocenters. The monoisotopic (exact) mass is 316 g/mol. The van der Waals surface area contributed by atoms with Gasteiger partial charge in [-0.3, -0.25) is 4.79 Å². The first-order valence-electron chi connectivity index (χ1n) is 5.78. The second kappa shape index (κ2) is 4.88. The van der Waals surface area contributed by atoms with Crippen LogP contribution >= 0.6 is 15.9 Å². The number of carboxylic acid groups (broad SMARTS) is 1. The molecule has 5 heteroatoms. The molecular weight excluding hydrogens is 303 g/mol. The Labute approximate surface area is 113 Å². The summed E-state index contributed by atoms with van der Waals surface area (Å²) in [7, 11) is 1.44. The maximum Gasteiger partial charge on any atom is 0.314 e. The Hall–Kier alpha value is -1.10. The molecule has 1 N–H and O–H groups in total. The van der Waals surface area contributed by atoms with Gasteiger partial charge in [-0.05, 0) is 40.4 Å². The molecule has 0 unspecified atom stereocenters. The van der Waals surface area contributed by atoms with Gasteiger partial charge in [0.15, 0.2) is 0 Å². The molecule has 3 nitrogen and oxygen atoms in total. The van der Waals surface area contributed by atoms with Crippen molar-refractivity contribution in [2.24, 2.45) is 0 Å². The van der Waals surface area contributed by atoms with Gasteiger partial charge in [-0.2, -0.15) is 0 Å². The second-order valence-electron chi connectivity index (χ2n) is 4.56. The molecule has 0 aliphatic heterocycles. The van der Waals surface area contributed by atoms with E-state index < -0.39 is 17.2 Å². The van der Waals surface area contributed by atoms with Gasteiger partial charge in [-0.25, -0.2) is 4.39 Å². The Bertz CT molecular complexity index is 481. The van der Waals surface area contributed by atoms with Crippen LogP contribution in [0.1, 0.15) is 31.2 Å². The fourth-order valence-electron chi connectivity index (χ4n) is 2.64. The number of hydrogen-bond acceptors (Lipinski definition) is 2. The van der Waals surface area contributed by atoms with E-state index in [1.165, 1.54) is 19.2 Å². The predicted octanol–water partition coefficient (Wildman–Crippen LogP) is 3.49. The molecular formula is C13H14BrFO3. The van der Waals surface area contributed by atoms with Crippen molar-refractivity contribution in [3.63, 3.8) is 0 Å². The molecule has 1 aromatic rings. The summed E-state index contributed by atoms with van der Waals surface area (Å²) < 4.78 is 19.2. The second-order valence-corrected chi connectivity index (χ2v) is 5.36. The minimum Gasteiger partial charge on any atom is -0.495 e. The zero-order valence-corrected chi connectivity index (χ0v) is 11.6. The van der Waals surface area contributed by atoms with Crippen LogP contribution in [0.2, 0.25) is 0 Å². The fourth-order valence-corrected chi connectivity index (χ4v) is 3.41. The summed E-state index contributed by atoms with van der Waals surface area (Å²) in [6.07, 6.45) is 2.76. The van der Waals surface area contributed by atoms with Crippen molar-refractivity contribution < 1.29 is 19.0 Å². The molecule has 1 aliphatic carbocycles. The molecule has 0 spiro atoms. The Morgan fingerprint density at radius 2 is 2.06 bits per heavy atom. The average molecular weight is 317 g/mol. The van der Waals surface area contributed by atoms with Crippen LogP contribution < -0.4 is 4.74 Å². The van der Waals surface area contributed by atoms with Crippen molar-refractivity contribution >= 4 is 21.9 Å². The first-order valence-corrected chi connectivity index (χ1v) is 6.57. The zero-order chi connectivity index (χ0) is 13.3. The summed E-state index contributed by atoms with van der Waals surface area (Å²) in [5.74, 6) is -1.04. The van der Waals surface area contributed by atoms with E-state index in [4.69, 9.17) is 4.74 Å². The molecule has 1 fully saturated rings. The first kappa shape index (κ1) is 13.3. The van der Waals surface area contributed by atoms with E-state index in [0.717, 1.165) is 12.8 Å². The number of carboxylic acids is 1. The van der Waals surface area contributed by atoms with Crippen molar-refractivity contribution in [1.82, 2.24) is 0 Å². The summed E-state index contributed by atoms with van der Waals surface area (Å²) >= 11 is 3.33. The van der Waals surface area contributed by atoms with E-state index in [1.807, 2.05) is 0 Å². The van der Waals surface area contributed by atoms with E-state index >= 15 is 0 Å². The third-order valence-corrected chi connectivity index (χ3v) is 4.42. The largest absolute Gasteiger partial charge is 0.495 e. The van der Waals surface area contributed by atoms with E-state index in [9.17, 15) is 14.3 Å². The van der Waals surface area contributed by atoms with Gasteiger partial charge in [0, 0.05) is 6.07 Å². The number of carbonyl (C=O) groups is 1. The highest BCUT2D eigenvalue weighted by Gasteiger charge is 2.44. The van der Waals surface area contributed by atoms with Gasteiger partial charge >= 0.3 is 5.97 Å². The molecule has 98 valence electrons. The molecule has 2 rings (SSSR count). The van der Waals surface area contributed by atoms with Crippen LogP contribution in [0.3, 0.4) is 0 Å². The molecule has 0 radical (unpaired) electrons. The summed E-state index contributed by atoms with van der Waals surface area (Å²) in [5.41, 5.74) is -0.516. The summed E-state index contributed by atoms with van der Waals surface area (Å²) in [5, 5.41) is 9.51. The van der Waals surface area contributed by atoms with Gasteiger partial charge in [0.1, 0.15) is 11.6 Å². The Balaban J connectivity index is 2.61. The number of halogens is 2. The fraction of sp³-hybridized carbons (Fsp3) is 0.462. The minimum atomic E-state index is -0.992. The molecule has 0 heterocycles. The van der Waals surface area contributed by atoms with E-state index in [1.54, 1.807) is 0 Å². The quantitative estimate of drug-likeness (QED) is 0.928. The normalized spacial score (nSPS) is 17.7. The molecule has 0 bridgehead atoms. The molecule has 18 heavy (non-hydrogen) atoms. The van der Waals surface area contributed by atoms with Crippen molar-refractivity contribution in [2.45, 2.75) is 31.1 Å². The lowest BCUT2D eigenvalue weighted by atomic mass is 9.79. The van der Waals surface area contributed by atoms with E-state index in [0.29, 0.717) is 28.6 Å². The molecule has 1 aromatic carbocycles. The first-order chi connectivity index (χ1) is 8.51. The Kier molecular flexibility index (Phi) is 3.61. The molecule has 1 aliphatic rings. The molecule has 0 amide bonds. The Morgan fingerprint density at radius 3 is 2.56 bits per heavy atom. The number of methoxy groups -OCH3 is 1. The van der Waals surface area contributed by atoms with Gasteiger partial charge in [0.2, 0.25) is 0 Å². The van der Waals surface area contributed by atoms with Crippen molar-refractivity contribution in [2.75, 3.05) is 7.11 Å². The lowest BCUT2D eigenvalue weighted by molar-refractivity contribution is -0.143. The lowest BCUT2D eigenvalue weighted by Crippen LogP contribution is -2.33. The number of rotatable bonds is 3. The number of ether oxygens (including phenoxy) is 1. The van der Waals surface area contributed by atoms with Crippen LogP contribution in [0, 0.1) is 5.82 Å². The smallest absolute Gasteiger partial charge is 0.314 e. The van der Waals surface area contributed by atoms with Crippen molar-refractivity contribution in [3.8, 4) is 5.75 Å². The average Bonchev–Trinajstić information content (AvgIpc) is 2.82. The van der Waals surface area contributed by atoms with Crippen LogP contribution in [0.25, 0.3) is 0 Å². The van der Waals surface area contributed by atoms with Crippen molar-refractivity contribution in [3.05, 3.63) is 28.0 Å². The van der Waals surface area contributed by atoms with Gasteiger partial charge < -0.3 is 9.84 Å².